The Kier molecular flexibility index (Phi) is 8.57. The fourth-order valence-electron chi connectivity index (χ4n) is 3.82. The molecule has 0 aliphatic carbocycles. The van der Waals surface area contributed by atoms with Crippen molar-refractivity contribution in [3.8, 4) is 0 Å². The predicted molar refractivity (Wildman–Crippen MR) is 123 cm³/mol. The summed E-state index contributed by atoms with van der Waals surface area (Å²) in [5.41, 5.74) is -0.183. The van der Waals surface area contributed by atoms with E-state index in [1.165, 1.54) is 37.4 Å². The lowest BCUT2D eigenvalue weighted by Gasteiger charge is -2.26. The van der Waals surface area contributed by atoms with Crippen LogP contribution in [0.3, 0.4) is 0 Å². The Bertz CT molecular complexity index is 1210. The summed E-state index contributed by atoms with van der Waals surface area (Å²) in [7, 11) is 1.38. The molecule has 0 fully saturated rings. The number of hydrogen-bond donors (Lipinski definition) is 2. The molecule has 0 radical (unpaired) electrons. The van der Waals surface area contributed by atoms with Crippen molar-refractivity contribution in [3.05, 3.63) is 100 Å². The van der Waals surface area contributed by atoms with Crippen molar-refractivity contribution in [2.75, 3.05) is 7.05 Å². The maximum atomic E-state index is 13.9. The molecule has 0 saturated carbocycles. The Morgan fingerprint density at radius 2 is 1.57 bits per heavy atom. The monoisotopic (exact) mass is 527 g/mol. The summed E-state index contributed by atoms with van der Waals surface area (Å²) in [6.45, 7) is 1.56. The van der Waals surface area contributed by atoms with Crippen LogP contribution >= 0.6 is 0 Å². The van der Waals surface area contributed by atoms with Gasteiger partial charge in [-0.3, -0.25) is 15.1 Å². The van der Waals surface area contributed by atoms with Gasteiger partial charge < -0.3 is 5.32 Å². The number of halogens is 7. The summed E-state index contributed by atoms with van der Waals surface area (Å²) in [5, 5.41) is 5.61. The first-order valence-electron chi connectivity index (χ1n) is 11.2. The van der Waals surface area contributed by atoms with Crippen molar-refractivity contribution in [2.45, 2.75) is 44.2 Å². The smallest absolute Gasteiger partial charge is 0.358 e. The summed E-state index contributed by atoms with van der Waals surface area (Å²) in [6, 6.07) is 8.99. The molecule has 37 heavy (non-hydrogen) atoms. The highest BCUT2D eigenvalue weighted by molar-refractivity contribution is 5.83. The molecule has 0 aliphatic rings. The SMILES string of the molecule is CNC(=O)[C@@H](N[C@H](CCc1ccc(C(F)(F)F)nc1)c1ccc(F)c(C)c1)c1ccc(C(F)(F)F)cc1. The molecular formula is C26H24F7N3O. The largest absolute Gasteiger partial charge is 0.433 e. The van der Waals surface area contributed by atoms with E-state index in [9.17, 15) is 35.5 Å². The van der Waals surface area contributed by atoms with E-state index in [0.29, 0.717) is 16.7 Å². The van der Waals surface area contributed by atoms with Gasteiger partial charge in [0.25, 0.3) is 0 Å². The molecule has 0 aliphatic heterocycles. The molecule has 0 unspecified atom stereocenters. The third-order valence-corrected chi connectivity index (χ3v) is 5.87. The molecule has 2 aromatic carbocycles. The lowest BCUT2D eigenvalue weighted by atomic mass is 9.95. The maximum Gasteiger partial charge on any atom is 0.433 e. The lowest BCUT2D eigenvalue weighted by molar-refractivity contribution is -0.141. The van der Waals surface area contributed by atoms with Crippen LogP contribution in [0.25, 0.3) is 0 Å². The molecule has 0 bridgehead atoms. The van der Waals surface area contributed by atoms with E-state index in [1.807, 2.05) is 0 Å². The van der Waals surface area contributed by atoms with Gasteiger partial charge in [-0.2, -0.15) is 26.3 Å². The van der Waals surface area contributed by atoms with Gasteiger partial charge in [0.15, 0.2) is 0 Å². The highest BCUT2D eigenvalue weighted by atomic mass is 19.4. The zero-order chi connectivity index (χ0) is 27.4. The van der Waals surface area contributed by atoms with Crippen LogP contribution in [0.15, 0.2) is 60.8 Å². The van der Waals surface area contributed by atoms with Crippen molar-refractivity contribution in [1.29, 1.82) is 0 Å². The van der Waals surface area contributed by atoms with E-state index in [1.54, 1.807) is 13.0 Å². The average molecular weight is 527 g/mol. The number of aromatic nitrogens is 1. The fourth-order valence-corrected chi connectivity index (χ4v) is 3.82. The van der Waals surface area contributed by atoms with E-state index in [4.69, 9.17) is 0 Å². The highest BCUT2D eigenvalue weighted by Crippen LogP contribution is 2.32. The number of carbonyl (C=O) groups excluding carboxylic acids is 1. The van der Waals surface area contributed by atoms with Crippen molar-refractivity contribution >= 4 is 5.91 Å². The first-order chi connectivity index (χ1) is 17.3. The molecular weight excluding hydrogens is 503 g/mol. The predicted octanol–water partition coefficient (Wildman–Crippen LogP) is 6.32. The fraction of sp³-hybridized carbons (Fsp3) is 0.308. The van der Waals surface area contributed by atoms with Gasteiger partial charge >= 0.3 is 12.4 Å². The molecule has 2 N–H and O–H groups in total. The Morgan fingerprint density at radius 3 is 2.08 bits per heavy atom. The zero-order valence-electron chi connectivity index (χ0n) is 19.8. The molecule has 4 nitrogen and oxygen atoms in total. The third kappa shape index (κ3) is 7.28. The lowest BCUT2D eigenvalue weighted by Crippen LogP contribution is -2.38. The van der Waals surface area contributed by atoms with Crippen LogP contribution in [0, 0.1) is 12.7 Å². The van der Waals surface area contributed by atoms with Gasteiger partial charge in [-0.25, -0.2) is 4.39 Å². The van der Waals surface area contributed by atoms with Crippen LogP contribution in [-0.4, -0.2) is 17.9 Å². The summed E-state index contributed by atoms with van der Waals surface area (Å²) in [4.78, 5) is 16.2. The number of nitrogens with one attached hydrogen (secondary N) is 2. The van der Waals surface area contributed by atoms with Crippen molar-refractivity contribution < 1.29 is 35.5 Å². The quantitative estimate of drug-likeness (QED) is 0.337. The van der Waals surface area contributed by atoms with E-state index in [-0.39, 0.29) is 18.4 Å². The first kappa shape index (κ1) is 28.1. The Hall–Kier alpha value is -3.47. The summed E-state index contributed by atoms with van der Waals surface area (Å²) in [5.74, 6) is -0.959. The molecule has 198 valence electrons. The van der Waals surface area contributed by atoms with Crippen LogP contribution in [-0.2, 0) is 23.6 Å². The standard InChI is InChI=1S/C26H24F7N3O/c1-15-13-18(7-10-20(15)27)21(11-3-16-4-12-22(35-14-16)26(31,32)33)36-23(24(37)34-2)17-5-8-19(9-6-17)25(28,29)30/h4-10,12-14,21,23,36H,3,11H2,1-2H3,(H,34,37)/t21-,23+/m1/s1. The van der Waals surface area contributed by atoms with Crippen LogP contribution in [0.2, 0.25) is 0 Å². The second-order valence-corrected chi connectivity index (χ2v) is 8.48. The van der Waals surface area contributed by atoms with Crippen LogP contribution in [0.1, 0.15) is 52.0 Å². The number of aryl methyl sites for hydroxylation is 2. The number of pyridine rings is 1. The minimum atomic E-state index is -4.57. The minimum absolute atomic E-state index is 0.257. The van der Waals surface area contributed by atoms with Crippen molar-refractivity contribution in [3.63, 3.8) is 0 Å². The Labute approximate surface area is 208 Å². The van der Waals surface area contributed by atoms with Crippen LogP contribution in [0.4, 0.5) is 30.7 Å². The van der Waals surface area contributed by atoms with E-state index >= 15 is 0 Å². The second-order valence-electron chi connectivity index (χ2n) is 8.48. The number of carbonyl (C=O) groups is 1. The summed E-state index contributed by atoms with van der Waals surface area (Å²) in [6.07, 6.45) is -7.48. The Morgan fingerprint density at radius 1 is 0.919 bits per heavy atom. The summed E-state index contributed by atoms with van der Waals surface area (Å²) >= 11 is 0. The molecule has 0 saturated heterocycles. The maximum absolute atomic E-state index is 13.9. The van der Waals surface area contributed by atoms with Gasteiger partial charge in [0.1, 0.15) is 17.6 Å². The minimum Gasteiger partial charge on any atom is -0.358 e. The van der Waals surface area contributed by atoms with Gasteiger partial charge in [0.2, 0.25) is 5.91 Å². The topological polar surface area (TPSA) is 54.0 Å². The van der Waals surface area contributed by atoms with E-state index in [0.717, 1.165) is 24.4 Å². The van der Waals surface area contributed by atoms with Crippen LogP contribution in [0.5, 0.6) is 0 Å². The molecule has 3 aromatic rings. The number of nitrogens with zero attached hydrogens (tertiary/aromatic N) is 1. The molecule has 11 heteroatoms. The number of rotatable bonds is 8. The summed E-state index contributed by atoms with van der Waals surface area (Å²) < 4.78 is 91.4. The molecule has 1 aromatic heterocycles. The van der Waals surface area contributed by atoms with Gasteiger partial charge in [-0.1, -0.05) is 30.3 Å². The molecule has 2 atom stereocenters. The number of amides is 1. The number of benzene rings is 2. The van der Waals surface area contributed by atoms with E-state index < -0.39 is 47.4 Å². The average Bonchev–Trinajstić information content (AvgIpc) is 2.85. The number of alkyl halides is 6. The van der Waals surface area contributed by atoms with Gasteiger partial charge in [0.05, 0.1) is 5.56 Å². The van der Waals surface area contributed by atoms with E-state index in [2.05, 4.69) is 15.6 Å². The van der Waals surface area contributed by atoms with Crippen molar-refractivity contribution in [1.82, 2.24) is 15.6 Å². The molecule has 0 spiro atoms. The van der Waals surface area contributed by atoms with Gasteiger partial charge in [-0.05, 0) is 66.3 Å². The first-order valence-corrected chi connectivity index (χ1v) is 11.2. The van der Waals surface area contributed by atoms with Gasteiger partial charge in [0, 0.05) is 19.3 Å². The van der Waals surface area contributed by atoms with Gasteiger partial charge in [-0.15, -0.1) is 0 Å². The normalized spacial score (nSPS) is 13.8. The third-order valence-electron chi connectivity index (χ3n) is 5.87. The highest BCUT2D eigenvalue weighted by Gasteiger charge is 2.33. The molecule has 1 heterocycles. The Balaban J connectivity index is 1.90. The zero-order valence-corrected chi connectivity index (χ0v) is 19.8. The molecule has 3 rings (SSSR count). The molecule has 1 amide bonds. The number of likely N-dealkylation sites (N-methyl/N-ethyl adjacent to an activating group) is 1. The van der Waals surface area contributed by atoms with Crippen LogP contribution < -0.4 is 10.6 Å². The second kappa shape index (κ2) is 11.3. The van der Waals surface area contributed by atoms with Crippen molar-refractivity contribution in [2.24, 2.45) is 0 Å². The number of hydrogen-bond acceptors (Lipinski definition) is 3.